The van der Waals surface area contributed by atoms with Crippen LogP contribution in [0.25, 0.3) is 0 Å². The van der Waals surface area contributed by atoms with Crippen LogP contribution in [0, 0.1) is 23.7 Å². The topological polar surface area (TPSA) is 18.5 Å². The van der Waals surface area contributed by atoms with Crippen molar-refractivity contribution in [1.82, 2.24) is 0 Å². The minimum absolute atomic E-state index is 0.622. The van der Waals surface area contributed by atoms with Crippen molar-refractivity contribution in [2.75, 3.05) is 0 Å². The van der Waals surface area contributed by atoms with E-state index < -0.39 is 16.6 Å². The van der Waals surface area contributed by atoms with Crippen LogP contribution < -0.4 is 0 Å². The van der Waals surface area contributed by atoms with E-state index in [-0.39, 0.29) is 0 Å². The van der Waals surface area contributed by atoms with Crippen LogP contribution in [-0.2, 0) is 8.85 Å². The van der Waals surface area contributed by atoms with E-state index >= 15 is 0 Å². The van der Waals surface area contributed by atoms with E-state index in [1.165, 1.54) is 24.4 Å². The third kappa shape index (κ3) is 2.52. The van der Waals surface area contributed by atoms with Gasteiger partial charge in [0.05, 0.1) is 0 Å². The highest BCUT2D eigenvalue weighted by molar-refractivity contribution is 6.70. The molecule has 0 radical (unpaired) electrons. The molecule has 4 aliphatic rings. The molecule has 20 heavy (non-hydrogen) atoms. The molecule has 0 heterocycles. The van der Waals surface area contributed by atoms with Crippen LogP contribution in [0.5, 0.6) is 0 Å². The first kappa shape index (κ1) is 14.5. The molecule has 0 amide bonds. The van der Waals surface area contributed by atoms with Gasteiger partial charge in [-0.1, -0.05) is 12.2 Å². The smallest absolute Gasteiger partial charge is 0.241 e. The van der Waals surface area contributed by atoms with Crippen molar-refractivity contribution in [2.45, 2.75) is 52.1 Å². The lowest BCUT2D eigenvalue weighted by molar-refractivity contribution is 0.0443. The van der Waals surface area contributed by atoms with Gasteiger partial charge in [-0.15, -0.1) is 0 Å². The van der Waals surface area contributed by atoms with Gasteiger partial charge in [0.15, 0.2) is 0 Å². The fourth-order valence-electron chi connectivity index (χ4n) is 3.84. The van der Waals surface area contributed by atoms with Gasteiger partial charge in [-0.2, -0.15) is 0 Å². The average Bonchev–Trinajstić information content (AvgIpc) is 2.32. The number of fused-ring (bicyclic) bond motifs is 1. The van der Waals surface area contributed by atoms with Crippen molar-refractivity contribution < 1.29 is 8.85 Å². The molecule has 0 saturated heterocycles. The molecule has 4 rings (SSSR count). The maximum Gasteiger partial charge on any atom is 0.241 e. The predicted octanol–water partition coefficient (Wildman–Crippen LogP) is 4.74. The van der Waals surface area contributed by atoms with E-state index in [1.807, 2.05) is 0 Å². The summed E-state index contributed by atoms with van der Waals surface area (Å²) in [6.07, 6.45) is 7.55. The van der Waals surface area contributed by atoms with E-state index in [4.69, 9.17) is 8.85 Å². The summed E-state index contributed by atoms with van der Waals surface area (Å²) < 4.78 is 12.9. The van der Waals surface area contributed by atoms with Crippen LogP contribution in [0.15, 0.2) is 23.7 Å². The van der Waals surface area contributed by atoms with Crippen LogP contribution in [0.1, 0.15) is 12.8 Å². The van der Waals surface area contributed by atoms with E-state index in [0.29, 0.717) is 23.7 Å². The fourth-order valence-corrected chi connectivity index (χ4v) is 5.63. The largest absolute Gasteiger partial charge is 0.545 e. The molecular formula is C16H28O2Si2. The van der Waals surface area contributed by atoms with Gasteiger partial charge in [0.1, 0.15) is 11.5 Å². The lowest BCUT2D eigenvalue weighted by Gasteiger charge is -2.54. The molecule has 1 fully saturated rings. The van der Waals surface area contributed by atoms with Crippen LogP contribution in [-0.4, -0.2) is 16.6 Å². The second kappa shape index (κ2) is 4.50. The molecule has 0 aromatic carbocycles. The summed E-state index contributed by atoms with van der Waals surface area (Å²) in [6.45, 7) is 13.6. The van der Waals surface area contributed by atoms with Gasteiger partial charge in [-0.3, -0.25) is 0 Å². The third-order valence-electron chi connectivity index (χ3n) is 4.43. The summed E-state index contributed by atoms with van der Waals surface area (Å²) in [5.74, 6) is 5.11. The Kier molecular flexibility index (Phi) is 3.25. The molecule has 4 heteroatoms. The van der Waals surface area contributed by atoms with Crippen LogP contribution in [0.2, 0.25) is 39.3 Å². The first-order chi connectivity index (χ1) is 9.16. The van der Waals surface area contributed by atoms with Gasteiger partial charge >= 0.3 is 0 Å². The van der Waals surface area contributed by atoms with E-state index in [1.54, 1.807) is 0 Å². The van der Waals surface area contributed by atoms with Crippen molar-refractivity contribution in [1.29, 1.82) is 0 Å². The Bertz CT molecular complexity index is 426. The summed E-state index contributed by atoms with van der Waals surface area (Å²) in [5, 5.41) is 0. The van der Waals surface area contributed by atoms with Crippen molar-refractivity contribution in [3.05, 3.63) is 23.7 Å². The predicted molar refractivity (Wildman–Crippen MR) is 88.2 cm³/mol. The monoisotopic (exact) mass is 308 g/mol. The number of hydrogen-bond donors (Lipinski definition) is 0. The molecule has 112 valence electrons. The Balaban J connectivity index is 1.92. The first-order valence-corrected chi connectivity index (χ1v) is 14.8. The van der Waals surface area contributed by atoms with E-state index in [9.17, 15) is 0 Å². The zero-order chi connectivity index (χ0) is 14.7. The molecule has 4 atom stereocenters. The highest BCUT2D eigenvalue weighted by Gasteiger charge is 2.55. The highest BCUT2D eigenvalue weighted by Crippen LogP contribution is 2.59. The van der Waals surface area contributed by atoms with E-state index in [0.717, 1.165) is 0 Å². The molecular weight excluding hydrogens is 280 g/mol. The lowest BCUT2D eigenvalue weighted by Crippen LogP contribution is -2.51. The second-order valence-electron chi connectivity index (χ2n) is 8.50. The maximum absolute atomic E-state index is 6.44. The Morgan fingerprint density at radius 2 is 1.10 bits per heavy atom. The number of hydrogen-bond acceptors (Lipinski definition) is 2. The summed E-state index contributed by atoms with van der Waals surface area (Å²) in [6, 6.07) is 0. The van der Waals surface area contributed by atoms with Gasteiger partial charge in [-0.05, 0) is 64.0 Å². The summed E-state index contributed by atoms with van der Waals surface area (Å²) in [7, 11) is -3.12. The normalized spacial score (nSPS) is 35.7. The lowest BCUT2D eigenvalue weighted by atomic mass is 9.55. The minimum atomic E-state index is -1.56. The van der Waals surface area contributed by atoms with E-state index in [2.05, 4.69) is 51.4 Å². The van der Waals surface area contributed by atoms with Crippen molar-refractivity contribution in [3.63, 3.8) is 0 Å². The summed E-state index contributed by atoms with van der Waals surface area (Å²) >= 11 is 0. The molecule has 0 N–H and O–H groups in total. The molecule has 2 nitrogen and oxygen atoms in total. The van der Waals surface area contributed by atoms with Gasteiger partial charge in [-0.25, -0.2) is 0 Å². The zero-order valence-corrected chi connectivity index (χ0v) is 15.7. The van der Waals surface area contributed by atoms with Crippen molar-refractivity contribution in [2.24, 2.45) is 23.7 Å². The van der Waals surface area contributed by atoms with Gasteiger partial charge < -0.3 is 8.85 Å². The van der Waals surface area contributed by atoms with Crippen LogP contribution in [0.3, 0.4) is 0 Å². The fraction of sp³-hybridized carbons (Fsp3) is 0.750. The van der Waals surface area contributed by atoms with Gasteiger partial charge in [0, 0.05) is 11.8 Å². The third-order valence-corrected chi connectivity index (χ3v) is 6.09. The Morgan fingerprint density at radius 1 is 0.750 bits per heavy atom. The second-order valence-corrected chi connectivity index (χ2v) is 17.4. The number of rotatable bonds is 4. The molecule has 4 aliphatic carbocycles. The van der Waals surface area contributed by atoms with Crippen molar-refractivity contribution in [3.8, 4) is 0 Å². The average molecular weight is 309 g/mol. The molecule has 0 aromatic rings. The maximum atomic E-state index is 6.44. The minimum Gasteiger partial charge on any atom is -0.545 e. The highest BCUT2D eigenvalue weighted by atomic mass is 28.4. The zero-order valence-electron chi connectivity index (χ0n) is 13.7. The summed E-state index contributed by atoms with van der Waals surface area (Å²) in [5.41, 5.74) is 0. The Morgan fingerprint density at radius 3 is 1.35 bits per heavy atom. The molecule has 0 spiro atoms. The molecule has 4 unspecified atom stereocenters. The van der Waals surface area contributed by atoms with Crippen LogP contribution >= 0.6 is 0 Å². The standard InChI is InChI=1S/C16H28O2Si2/c1-19(2,3)17-15-13-11-7-9-12(10-8-11)14(13)16(15)18-20(4,5)6/h7,9,11-14H,8,10H2,1-6H3. The quantitative estimate of drug-likeness (QED) is 0.551. The summed E-state index contributed by atoms with van der Waals surface area (Å²) in [4.78, 5) is 0. The Labute approximate surface area is 125 Å². The Hall–Kier alpha value is -0.486. The van der Waals surface area contributed by atoms with Gasteiger partial charge in [0.25, 0.3) is 0 Å². The molecule has 0 aromatic heterocycles. The van der Waals surface area contributed by atoms with Gasteiger partial charge in [0.2, 0.25) is 16.6 Å². The SMILES string of the molecule is C[Si](C)(C)OC1=C(O[Si](C)(C)C)C2C3C=CC(CC3)C12. The molecule has 2 bridgehead atoms. The first-order valence-electron chi connectivity index (χ1n) is 7.96. The number of allylic oxidation sites excluding steroid dienone is 4. The van der Waals surface area contributed by atoms with Crippen molar-refractivity contribution >= 4 is 16.6 Å². The molecule has 1 saturated carbocycles. The van der Waals surface area contributed by atoms with Crippen LogP contribution in [0.4, 0.5) is 0 Å². The molecule has 0 aliphatic heterocycles.